The smallest absolute Gasteiger partial charge is 0.193 e. The van der Waals surface area contributed by atoms with Crippen LogP contribution in [0.4, 0.5) is 0 Å². The number of hydrogen-bond donors (Lipinski definition) is 0. The number of carbonyl (C=O) groups is 2. The van der Waals surface area contributed by atoms with E-state index >= 15 is 0 Å². The first kappa shape index (κ1) is 16.7. The third kappa shape index (κ3) is 1.87. The molecule has 0 aromatic heterocycles. The molecular weight excluding hydrogens is 336 g/mol. The first-order valence-electron chi connectivity index (χ1n) is 9.76. The van der Waals surface area contributed by atoms with Crippen LogP contribution < -0.4 is 4.74 Å². The summed E-state index contributed by atoms with van der Waals surface area (Å²) in [6.45, 7) is 7.00. The van der Waals surface area contributed by atoms with Crippen molar-refractivity contribution < 1.29 is 14.3 Å². The number of ketones is 1. The van der Waals surface area contributed by atoms with Gasteiger partial charge in [-0.2, -0.15) is 0 Å². The van der Waals surface area contributed by atoms with Crippen molar-refractivity contribution in [3.63, 3.8) is 0 Å². The maximum Gasteiger partial charge on any atom is 0.193 e. The Balaban J connectivity index is 1.59. The predicted octanol–water partition coefficient (Wildman–Crippen LogP) is 4.96. The highest BCUT2D eigenvalue weighted by Crippen LogP contribution is 2.73. The van der Waals surface area contributed by atoms with Gasteiger partial charge in [0.2, 0.25) is 0 Å². The number of fused-ring (bicyclic) bond motifs is 7. The Kier molecular flexibility index (Phi) is 3.16. The zero-order valence-electron chi connectivity index (χ0n) is 16.0. The third-order valence-electron chi connectivity index (χ3n) is 8.13. The monoisotopic (exact) mass is 360 g/mol. The summed E-state index contributed by atoms with van der Waals surface area (Å²) in [6, 6.07) is 12.7. The van der Waals surface area contributed by atoms with Gasteiger partial charge in [0, 0.05) is 27.7 Å². The van der Waals surface area contributed by atoms with E-state index in [0.29, 0.717) is 22.6 Å². The average Bonchev–Trinajstić information content (AvgIpc) is 3.25. The van der Waals surface area contributed by atoms with Crippen LogP contribution in [0.1, 0.15) is 71.9 Å². The van der Waals surface area contributed by atoms with Crippen molar-refractivity contribution in [2.24, 2.45) is 11.3 Å². The van der Waals surface area contributed by atoms with E-state index in [0.717, 1.165) is 12.0 Å². The second-order valence-corrected chi connectivity index (χ2v) is 9.11. The topological polar surface area (TPSA) is 43.4 Å². The second kappa shape index (κ2) is 5.09. The molecule has 2 aromatic rings. The molecule has 0 radical (unpaired) electrons. The molecule has 1 aliphatic heterocycles. The number of benzene rings is 2. The van der Waals surface area contributed by atoms with Crippen LogP contribution in [0.15, 0.2) is 42.5 Å². The van der Waals surface area contributed by atoms with Crippen molar-refractivity contribution >= 4 is 12.1 Å². The Morgan fingerprint density at radius 2 is 1.78 bits per heavy atom. The fourth-order valence-corrected chi connectivity index (χ4v) is 6.21. The van der Waals surface area contributed by atoms with Gasteiger partial charge < -0.3 is 4.74 Å². The van der Waals surface area contributed by atoms with Gasteiger partial charge in [0.25, 0.3) is 0 Å². The quantitative estimate of drug-likeness (QED) is 0.574. The number of hydrogen-bond acceptors (Lipinski definition) is 3. The molecule has 0 amide bonds. The van der Waals surface area contributed by atoms with Crippen LogP contribution in [0.5, 0.6) is 5.75 Å². The van der Waals surface area contributed by atoms with E-state index in [9.17, 15) is 9.59 Å². The molecule has 1 heterocycles. The van der Waals surface area contributed by atoms with Gasteiger partial charge in [-0.25, -0.2) is 0 Å². The van der Waals surface area contributed by atoms with Crippen LogP contribution in [0.25, 0.3) is 0 Å². The summed E-state index contributed by atoms with van der Waals surface area (Å²) in [4.78, 5) is 23.9. The van der Waals surface area contributed by atoms with Gasteiger partial charge in [0.1, 0.15) is 17.6 Å². The summed E-state index contributed by atoms with van der Waals surface area (Å²) in [7, 11) is 0. The molecule has 2 aliphatic carbocycles. The molecule has 0 saturated heterocycles. The number of rotatable bonds is 3. The molecule has 2 fully saturated rings. The van der Waals surface area contributed by atoms with Crippen LogP contribution in [0.2, 0.25) is 0 Å². The molecule has 3 heteroatoms. The second-order valence-electron chi connectivity index (χ2n) is 9.11. The fraction of sp³-hybridized carbons (Fsp3) is 0.417. The van der Waals surface area contributed by atoms with Gasteiger partial charge in [-0.1, -0.05) is 38.1 Å². The van der Waals surface area contributed by atoms with E-state index in [-0.39, 0.29) is 22.2 Å². The highest BCUT2D eigenvalue weighted by Gasteiger charge is 2.73. The Morgan fingerprint density at radius 3 is 2.48 bits per heavy atom. The van der Waals surface area contributed by atoms with E-state index in [1.807, 2.05) is 12.1 Å². The van der Waals surface area contributed by atoms with Crippen molar-refractivity contribution in [3.05, 3.63) is 64.7 Å². The highest BCUT2D eigenvalue weighted by molar-refractivity contribution is 6.09. The SMILES string of the molecule is CC12CCC(C1)C1(C)Oc3ccc(C(=O)c4ccc(C=O)cc4)cc3C21C. The Labute approximate surface area is 159 Å². The summed E-state index contributed by atoms with van der Waals surface area (Å²) in [5.41, 5.74) is 3.01. The minimum atomic E-state index is -0.185. The van der Waals surface area contributed by atoms with Crippen LogP contribution in [0, 0.1) is 11.3 Å². The Bertz CT molecular complexity index is 976. The van der Waals surface area contributed by atoms with Crippen LogP contribution >= 0.6 is 0 Å². The van der Waals surface area contributed by atoms with E-state index in [2.05, 4.69) is 26.8 Å². The molecule has 4 atom stereocenters. The minimum Gasteiger partial charge on any atom is -0.486 e. The Morgan fingerprint density at radius 1 is 1.07 bits per heavy atom. The third-order valence-corrected chi connectivity index (χ3v) is 8.13. The lowest BCUT2D eigenvalue weighted by Crippen LogP contribution is -2.54. The van der Waals surface area contributed by atoms with Crippen molar-refractivity contribution in [1.29, 1.82) is 0 Å². The van der Waals surface area contributed by atoms with Crippen LogP contribution in [-0.4, -0.2) is 17.7 Å². The van der Waals surface area contributed by atoms with Crippen LogP contribution in [-0.2, 0) is 5.41 Å². The standard InChI is InChI=1S/C24H24O3/c1-22-11-10-18(13-22)24(3)23(22,2)19-12-17(8-9-20(19)27-24)21(26)16-6-4-15(14-25)5-7-16/h4-9,12,14,18H,10-11,13H2,1-3H3. The normalized spacial score (nSPS) is 35.4. The first-order chi connectivity index (χ1) is 12.8. The number of carbonyl (C=O) groups excluding carboxylic acids is 2. The summed E-state index contributed by atoms with van der Waals surface area (Å²) in [5.74, 6) is 1.50. The molecule has 138 valence electrons. The number of aldehydes is 1. The highest BCUT2D eigenvalue weighted by atomic mass is 16.5. The molecule has 2 aromatic carbocycles. The summed E-state index contributed by atoms with van der Waals surface area (Å²) < 4.78 is 6.54. The lowest BCUT2D eigenvalue weighted by Gasteiger charge is -2.48. The first-order valence-corrected chi connectivity index (χ1v) is 9.76. The molecule has 27 heavy (non-hydrogen) atoms. The molecule has 2 bridgehead atoms. The molecule has 2 saturated carbocycles. The zero-order valence-corrected chi connectivity index (χ0v) is 16.0. The average molecular weight is 360 g/mol. The Hall–Kier alpha value is -2.42. The molecule has 3 nitrogen and oxygen atoms in total. The van der Waals surface area contributed by atoms with Crippen molar-refractivity contribution in [1.82, 2.24) is 0 Å². The predicted molar refractivity (Wildman–Crippen MR) is 104 cm³/mol. The van der Waals surface area contributed by atoms with Gasteiger partial charge in [0.05, 0.1) is 0 Å². The van der Waals surface area contributed by atoms with Crippen molar-refractivity contribution in [2.45, 2.75) is 51.0 Å². The minimum absolute atomic E-state index is 0.0132. The molecule has 4 unspecified atom stereocenters. The zero-order chi connectivity index (χ0) is 19.0. The molecular formula is C24H24O3. The largest absolute Gasteiger partial charge is 0.486 e. The summed E-state index contributed by atoms with van der Waals surface area (Å²) >= 11 is 0. The van der Waals surface area contributed by atoms with Gasteiger partial charge in [-0.05, 0) is 55.7 Å². The van der Waals surface area contributed by atoms with E-state index in [1.54, 1.807) is 24.3 Å². The van der Waals surface area contributed by atoms with Gasteiger partial charge in [0.15, 0.2) is 5.78 Å². The molecule has 0 spiro atoms. The molecule has 5 rings (SSSR count). The van der Waals surface area contributed by atoms with E-state index < -0.39 is 0 Å². The van der Waals surface area contributed by atoms with E-state index in [4.69, 9.17) is 4.74 Å². The lowest BCUT2D eigenvalue weighted by molar-refractivity contribution is -0.0260. The van der Waals surface area contributed by atoms with Crippen LogP contribution in [0.3, 0.4) is 0 Å². The van der Waals surface area contributed by atoms with Crippen molar-refractivity contribution in [3.8, 4) is 5.75 Å². The van der Waals surface area contributed by atoms with Crippen molar-refractivity contribution in [2.75, 3.05) is 0 Å². The van der Waals surface area contributed by atoms with Gasteiger partial charge in [-0.15, -0.1) is 0 Å². The van der Waals surface area contributed by atoms with E-state index in [1.165, 1.54) is 24.8 Å². The molecule has 3 aliphatic rings. The lowest BCUT2D eigenvalue weighted by atomic mass is 9.56. The van der Waals surface area contributed by atoms with Gasteiger partial charge >= 0.3 is 0 Å². The number of ether oxygens (including phenoxy) is 1. The summed E-state index contributed by atoms with van der Waals surface area (Å²) in [6.07, 6.45) is 4.44. The van der Waals surface area contributed by atoms with Gasteiger partial charge in [-0.3, -0.25) is 9.59 Å². The fourth-order valence-electron chi connectivity index (χ4n) is 6.21. The summed E-state index contributed by atoms with van der Waals surface area (Å²) in [5, 5.41) is 0. The molecule has 0 N–H and O–H groups in total. The maximum absolute atomic E-state index is 13.0. The maximum atomic E-state index is 13.0.